The summed E-state index contributed by atoms with van der Waals surface area (Å²) in [5, 5.41) is 0. The number of benzene rings is 1. The molecular formula is C10H8BrFO. The van der Waals surface area contributed by atoms with E-state index < -0.39 is 0 Å². The molecule has 68 valence electrons. The van der Waals surface area contributed by atoms with Crippen molar-refractivity contribution >= 4 is 22.2 Å². The van der Waals surface area contributed by atoms with Crippen molar-refractivity contribution in [2.45, 2.75) is 18.8 Å². The highest BCUT2D eigenvalue weighted by molar-refractivity contribution is 9.10. The smallest absolute Gasteiger partial charge is 0.154 e. The molecule has 3 heteroatoms. The molecule has 0 aliphatic heterocycles. The van der Waals surface area contributed by atoms with Crippen LogP contribution in [0.25, 0.3) is 0 Å². The predicted molar refractivity (Wildman–Crippen MR) is 51.5 cm³/mol. The van der Waals surface area contributed by atoms with Gasteiger partial charge in [-0.3, -0.25) is 4.79 Å². The lowest BCUT2D eigenvalue weighted by molar-refractivity contribution is 0.111. The number of carbonyl (C=O) groups is 1. The second kappa shape index (κ2) is 3.22. The molecule has 0 spiro atoms. The Morgan fingerprint density at radius 3 is 2.69 bits per heavy atom. The predicted octanol–water partition coefficient (Wildman–Crippen LogP) is 3.28. The molecule has 0 aromatic heterocycles. The van der Waals surface area contributed by atoms with Gasteiger partial charge in [0.2, 0.25) is 0 Å². The summed E-state index contributed by atoms with van der Waals surface area (Å²) in [5.41, 5.74) is 0.828. The van der Waals surface area contributed by atoms with Crippen LogP contribution in [0.4, 0.5) is 4.39 Å². The van der Waals surface area contributed by atoms with Crippen LogP contribution in [-0.4, -0.2) is 6.29 Å². The van der Waals surface area contributed by atoms with Crippen molar-refractivity contribution in [3.05, 3.63) is 33.5 Å². The number of carbonyl (C=O) groups excluding carboxylic acids is 1. The highest BCUT2D eigenvalue weighted by atomic mass is 79.9. The minimum atomic E-state index is -0.355. The molecule has 0 atom stereocenters. The Kier molecular flexibility index (Phi) is 2.20. The normalized spacial score (nSPS) is 15.8. The van der Waals surface area contributed by atoms with Crippen LogP contribution in [0.1, 0.15) is 34.7 Å². The van der Waals surface area contributed by atoms with E-state index in [1.165, 1.54) is 0 Å². The van der Waals surface area contributed by atoms with Crippen LogP contribution in [0.3, 0.4) is 0 Å². The first-order valence-corrected chi connectivity index (χ1v) is 4.96. The molecule has 0 bridgehead atoms. The molecule has 1 fully saturated rings. The third-order valence-electron chi connectivity index (χ3n) is 2.29. The van der Waals surface area contributed by atoms with E-state index in [1.54, 1.807) is 12.1 Å². The maximum absolute atomic E-state index is 13.6. The van der Waals surface area contributed by atoms with Gasteiger partial charge >= 0.3 is 0 Å². The van der Waals surface area contributed by atoms with Gasteiger partial charge in [-0.1, -0.05) is 6.07 Å². The van der Waals surface area contributed by atoms with E-state index in [2.05, 4.69) is 15.9 Å². The molecule has 1 aliphatic rings. The molecule has 1 nitrogen and oxygen atoms in total. The van der Waals surface area contributed by atoms with E-state index in [9.17, 15) is 9.18 Å². The Balaban J connectivity index is 2.53. The molecule has 0 radical (unpaired) electrons. The van der Waals surface area contributed by atoms with Crippen molar-refractivity contribution in [2.24, 2.45) is 0 Å². The molecule has 0 N–H and O–H groups in total. The first-order chi connectivity index (χ1) is 6.24. The van der Waals surface area contributed by atoms with Gasteiger partial charge in [0.15, 0.2) is 6.29 Å². The van der Waals surface area contributed by atoms with Gasteiger partial charge in [0.05, 0.1) is 5.56 Å². The molecule has 1 aromatic carbocycles. The molecular weight excluding hydrogens is 235 g/mol. The fraction of sp³-hybridized carbons (Fsp3) is 0.300. The second-order valence-electron chi connectivity index (χ2n) is 3.26. The molecule has 1 aliphatic carbocycles. The zero-order valence-electron chi connectivity index (χ0n) is 6.89. The van der Waals surface area contributed by atoms with Crippen LogP contribution < -0.4 is 0 Å². The van der Waals surface area contributed by atoms with Crippen LogP contribution in [0.5, 0.6) is 0 Å². The average molecular weight is 243 g/mol. The zero-order valence-corrected chi connectivity index (χ0v) is 8.47. The highest BCUT2D eigenvalue weighted by Crippen LogP contribution is 2.42. The molecule has 0 unspecified atom stereocenters. The molecule has 0 amide bonds. The second-order valence-corrected chi connectivity index (χ2v) is 4.11. The lowest BCUT2D eigenvalue weighted by Crippen LogP contribution is -1.95. The summed E-state index contributed by atoms with van der Waals surface area (Å²) in [5.74, 6) is -0.0151. The van der Waals surface area contributed by atoms with Gasteiger partial charge < -0.3 is 0 Å². The molecule has 13 heavy (non-hydrogen) atoms. The maximum Gasteiger partial charge on any atom is 0.154 e. The number of halogens is 2. The SMILES string of the molecule is O=Cc1c(Br)ccc(C2CC2)c1F. The maximum atomic E-state index is 13.6. The Morgan fingerprint density at radius 2 is 2.15 bits per heavy atom. The standard InChI is InChI=1S/C10H8BrFO/c11-9-4-3-7(6-1-2-6)10(12)8(9)5-13/h3-6H,1-2H2. The summed E-state index contributed by atoms with van der Waals surface area (Å²) in [6, 6.07) is 3.49. The van der Waals surface area contributed by atoms with Crippen molar-refractivity contribution in [1.82, 2.24) is 0 Å². The molecule has 0 heterocycles. The fourth-order valence-corrected chi connectivity index (χ4v) is 1.80. The number of hydrogen-bond acceptors (Lipinski definition) is 1. The van der Waals surface area contributed by atoms with Gasteiger partial charge in [-0.25, -0.2) is 4.39 Å². The first-order valence-electron chi connectivity index (χ1n) is 4.17. The van der Waals surface area contributed by atoms with Crippen molar-refractivity contribution in [3.63, 3.8) is 0 Å². The van der Waals surface area contributed by atoms with Crippen molar-refractivity contribution in [2.75, 3.05) is 0 Å². The van der Waals surface area contributed by atoms with Crippen LogP contribution >= 0.6 is 15.9 Å². The summed E-state index contributed by atoms with van der Waals surface area (Å²) < 4.78 is 14.1. The molecule has 2 rings (SSSR count). The van der Waals surface area contributed by atoms with Gasteiger partial charge in [0.1, 0.15) is 5.82 Å². The first kappa shape index (κ1) is 8.88. The topological polar surface area (TPSA) is 17.1 Å². The quantitative estimate of drug-likeness (QED) is 0.728. The van der Waals surface area contributed by atoms with E-state index in [-0.39, 0.29) is 11.4 Å². The number of hydrogen-bond donors (Lipinski definition) is 0. The summed E-state index contributed by atoms with van der Waals surface area (Å²) in [6.45, 7) is 0. The van der Waals surface area contributed by atoms with Crippen LogP contribution in [0.2, 0.25) is 0 Å². The number of aldehydes is 1. The molecule has 1 saturated carbocycles. The van der Waals surface area contributed by atoms with Gasteiger partial charge in [-0.2, -0.15) is 0 Å². The van der Waals surface area contributed by atoms with Crippen molar-refractivity contribution in [3.8, 4) is 0 Å². The Morgan fingerprint density at radius 1 is 1.46 bits per heavy atom. The van der Waals surface area contributed by atoms with Gasteiger partial charge in [0, 0.05) is 4.47 Å². The summed E-state index contributed by atoms with van der Waals surface area (Å²) >= 11 is 3.14. The largest absolute Gasteiger partial charge is 0.298 e. The average Bonchev–Trinajstić information content (AvgIpc) is 2.88. The summed E-state index contributed by atoms with van der Waals surface area (Å²) in [4.78, 5) is 10.6. The lowest BCUT2D eigenvalue weighted by atomic mass is 10.1. The van der Waals surface area contributed by atoms with E-state index in [1.807, 2.05) is 0 Å². The van der Waals surface area contributed by atoms with Crippen molar-refractivity contribution in [1.29, 1.82) is 0 Å². The molecule has 0 saturated heterocycles. The van der Waals surface area contributed by atoms with E-state index in [0.717, 1.165) is 12.8 Å². The van der Waals surface area contributed by atoms with Crippen molar-refractivity contribution < 1.29 is 9.18 Å². The minimum Gasteiger partial charge on any atom is -0.298 e. The summed E-state index contributed by atoms with van der Waals surface area (Å²) in [7, 11) is 0. The molecule has 1 aromatic rings. The van der Waals surface area contributed by atoms with Crippen LogP contribution in [0.15, 0.2) is 16.6 Å². The lowest BCUT2D eigenvalue weighted by Gasteiger charge is -2.04. The van der Waals surface area contributed by atoms with Gasteiger partial charge in [-0.15, -0.1) is 0 Å². The Bertz CT molecular complexity index is 358. The monoisotopic (exact) mass is 242 g/mol. The van der Waals surface area contributed by atoms with E-state index in [4.69, 9.17) is 0 Å². The fourth-order valence-electron chi connectivity index (χ4n) is 1.40. The van der Waals surface area contributed by atoms with E-state index >= 15 is 0 Å². The van der Waals surface area contributed by atoms with Crippen LogP contribution in [-0.2, 0) is 0 Å². The summed E-state index contributed by atoms with van der Waals surface area (Å²) in [6.07, 6.45) is 2.64. The van der Waals surface area contributed by atoms with Crippen LogP contribution in [0, 0.1) is 5.82 Å². The van der Waals surface area contributed by atoms with Gasteiger partial charge in [0.25, 0.3) is 0 Å². The third kappa shape index (κ3) is 1.53. The van der Waals surface area contributed by atoms with Gasteiger partial charge in [-0.05, 0) is 46.3 Å². The minimum absolute atomic E-state index is 0.143. The Hall–Kier alpha value is -0.700. The number of rotatable bonds is 2. The third-order valence-corrected chi connectivity index (χ3v) is 2.98. The zero-order chi connectivity index (χ0) is 9.42. The highest BCUT2D eigenvalue weighted by Gasteiger charge is 2.27. The Labute approximate surface area is 84.1 Å². The van der Waals surface area contributed by atoms with E-state index in [0.29, 0.717) is 22.2 Å².